The Bertz CT molecular complexity index is 1100. The van der Waals surface area contributed by atoms with Crippen LogP contribution < -0.4 is 10.3 Å². The van der Waals surface area contributed by atoms with Gasteiger partial charge in [0.15, 0.2) is 0 Å². The maximum atomic E-state index is 13.2. The van der Waals surface area contributed by atoms with Crippen LogP contribution in [0.3, 0.4) is 0 Å². The van der Waals surface area contributed by atoms with Crippen LogP contribution in [0.5, 0.6) is 5.75 Å². The van der Waals surface area contributed by atoms with Crippen LogP contribution in [0.2, 0.25) is 0 Å². The number of hydrogen-bond donors (Lipinski definition) is 0. The molecule has 3 nitrogen and oxygen atoms in total. The molecular formula is C23H19NO2. The molecule has 0 saturated carbocycles. The van der Waals surface area contributed by atoms with Gasteiger partial charge < -0.3 is 9.30 Å². The number of benzene rings is 3. The Balaban J connectivity index is 1.90. The number of methoxy groups -OCH3 is 1. The molecule has 0 atom stereocenters. The van der Waals surface area contributed by atoms with E-state index in [0.29, 0.717) is 6.54 Å². The van der Waals surface area contributed by atoms with Gasteiger partial charge in [0.25, 0.3) is 5.56 Å². The Morgan fingerprint density at radius 3 is 2.27 bits per heavy atom. The van der Waals surface area contributed by atoms with Crippen LogP contribution in [0.25, 0.3) is 22.0 Å². The van der Waals surface area contributed by atoms with Gasteiger partial charge in [-0.1, -0.05) is 60.7 Å². The number of nitrogens with zero attached hydrogens (tertiary/aromatic N) is 1. The minimum Gasteiger partial charge on any atom is -0.497 e. The molecule has 26 heavy (non-hydrogen) atoms. The van der Waals surface area contributed by atoms with Gasteiger partial charge in [-0.15, -0.1) is 0 Å². The van der Waals surface area contributed by atoms with Crippen LogP contribution in [0.4, 0.5) is 0 Å². The summed E-state index contributed by atoms with van der Waals surface area (Å²) in [5, 5.41) is 1.70. The van der Waals surface area contributed by atoms with Crippen LogP contribution in [0, 0.1) is 0 Å². The molecule has 0 fully saturated rings. The highest BCUT2D eigenvalue weighted by atomic mass is 16.5. The molecule has 0 saturated heterocycles. The van der Waals surface area contributed by atoms with Crippen molar-refractivity contribution in [2.75, 3.05) is 7.11 Å². The fraction of sp³-hybridized carbons (Fsp3) is 0.0870. The third-order valence-corrected chi connectivity index (χ3v) is 4.59. The summed E-state index contributed by atoms with van der Waals surface area (Å²) in [6.45, 7) is 0.512. The van der Waals surface area contributed by atoms with Crippen molar-refractivity contribution in [3.8, 4) is 17.0 Å². The minimum atomic E-state index is 0.0257. The molecule has 1 aromatic heterocycles. The van der Waals surface area contributed by atoms with E-state index in [0.717, 1.165) is 33.3 Å². The van der Waals surface area contributed by atoms with E-state index in [4.69, 9.17) is 4.74 Å². The third kappa shape index (κ3) is 3.00. The molecular weight excluding hydrogens is 322 g/mol. The topological polar surface area (TPSA) is 31.2 Å². The smallest absolute Gasteiger partial charge is 0.259 e. The number of aromatic nitrogens is 1. The molecule has 0 aliphatic carbocycles. The Hall–Kier alpha value is -3.33. The van der Waals surface area contributed by atoms with E-state index in [1.807, 2.05) is 83.4 Å². The van der Waals surface area contributed by atoms with Gasteiger partial charge in [0.1, 0.15) is 5.75 Å². The van der Waals surface area contributed by atoms with Gasteiger partial charge >= 0.3 is 0 Å². The fourth-order valence-electron chi connectivity index (χ4n) is 3.22. The fourth-order valence-corrected chi connectivity index (χ4v) is 3.22. The van der Waals surface area contributed by atoms with Gasteiger partial charge in [-0.25, -0.2) is 0 Å². The van der Waals surface area contributed by atoms with E-state index < -0.39 is 0 Å². The number of pyridine rings is 1. The summed E-state index contributed by atoms with van der Waals surface area (Å²) in [5.41, 5.74) is 3.03. The first-order valence-corrected chi connectivity index (χ1v) is 8.57. The average Bonchev–Trinajstić information content (AvgIpc) is 2.71. The molecule has 0 aliphatic heterocycles. The maximum Gasteiger partial charge on any atom is 0.259 e. The summed E-state index contributed by atoms with van der Waals surface area (Å²) in [5.74, 6) is 0.808. The molecule has 0 N–H and O–H groups in total. The lowest BCUT2D eigenvalue weighted by Gasteiger charge is -2.15. The van der Waals surface area contributed by atoms with Gasteiger partial charge in [0.2, 0.25) is 0 Å². The Labute approximate surface area is 152 Å². The SMILES string of the molecule is COc1ccc(Cn2c(-c3ccccc3)cc3ccccc3c2=O)cc1. The van der Waals surface area contributed by atoms with Crippen molar-refractivity contribution in [1.82, 2.24) is 4.57 Å². The summed E-state index contributed by atoms with van der Waals surface area (Å²) >= 11 is 0. The van der Waals surface area contributed by atoms with E-state index in [1.54, 1.807) is 7.11 Å². The van der Waals surface area contributed by atoms with E-state index in [-0.39, 0.29) is 5.56 Å². The van der Waals surface area contributed by atoms with E-state index in [2.05, 4.69) is 6.07 Å². The van der Waals surface area contributed by atoms with Crippen molar-refractivity contribution < 1.29 is 4.74 Å². The zero-order valence-electron chi connectivity index (χ0n) is 14.6. The molecule has 3 aromatic carbocycles. The first-order valence-electron chi connectivity index (χ1n) is 8.57. The van der Waals surface area contributed by atoms with Gasteiger partial charge in [0, 0.05) is 5.39 Å². The van der Waals surface area contributed by atoms with Crippen molar-refractivity contribution in [3.63, 3.8) is 0 Å². The highest BCUT2D eigenvalue weighted by molar-refractivity contribution is 5.85. The molecule has 128 valence electrons. The second-order valence-corrected chi connectivity index (χ2v) is 6.22. The Morgan fingerprint density at radius 1 is 0.846 bits per heavy atom. The number of hydrogen-bond acceptors (Lipinski definition) is 2. The molecule has 3 heteroatoms. The highest BCUT2D eigenvalue weighted by Gasteiger charge is 2.11. The van der Waals surface area contributed by atoms with Crippen LogP contribution in [0.1, 0.15) is 5.56 Å². The van der Waals surface area contributed by atoms with Crippen molar-refractivity contribution >= 4 is 10.8 Å². The average molecular weight is 341 g/mol. The first kappa shape index (κ1) is 16.2. The van der Waals surface area contributed by atoms with Crippen molar-refractivity contribution in [2.24, 2.45) is 0 Å². The third-order valence-electron chi connectivity index (χ3n) is 4.59. The monoisotopic (exact) mass is 341 g/mol. The van der Waals surface area contributed by atoms with Gasteiger partial charge in [-0.05, 0) is 40.8 Å². The van der Waals surface area contributed by atoms with Crippen LogP contribution in [-0.4, -0.2) is 11.7 Å². The lowest BCUT2D eigenvalue weighted by atomic mass is 10.1. The summed E-state index contributed by atoms with van der Waals surface area (Å²) < 4.78 is 7.07. The molecule has 0 unspecified atom stereocenters. The first-order chi connectivity index (χ1) is 12.8. The maximum absolute atomic E-state index is 13.2. The molecule has 0 radical (unpaired) electrons. The van der Waals surface area contributed by atoms with E-state index in [9.17, 15) is 4.79 Å². The predicted molar refractivity (Wildman–Crippen MR) is 106 cm³/mol. The molecule has 4 aromatic rings. The van der Waals surface area contributed by atoms with Crippen LogP contribution in [-0.2, 0) is 6.54 Å². The molecule has 1 heterocycles. The Morgan fingerprint density at radius 2 is 1.54 bits per heavy atom. The number of rotatable bonds is 4. The lowest BCUT2D eigenvalue weighted by molar-refractivity contribution is 0.414. The minimum absolute atomic E-state index is 0.0257. The van der Waals surface area contributed by atoms with Crippen molar-refractivity contribution in [1.29, 1.82) is 0 Å². The predicted octanol–water partition coefficient (Wildman–Crippen LogP) is 4.73. The van der Waals surface area contributed by atoms with Gasteiger partial charge in [-0.2, -0.15) is 0 Å². The van der Waals surface area contributed by atoms with E-state index >= 15 is 0 Å². The summed E-state index contributed by atoms with van der Waals surface area (Å²) in [6.07, 6.45) is 0. The van der Waals surface area contributed by atoms with Gasteiger partial charge in [0.05, 0.1) is 19.3 Å². The summed E-state index contributed by atoms with van der Waals surface area (Å²) in [4.78, 5) is 13.2. The lowest BCUT2D eigenvalue weighted by Crippen LogP contribution is -2.22. The number of fused-ring (bicyclic) bond motifs is 1. The van der Waals surface area contributed by atoms with Crippen molar-refractivity contribution in [3.05, 3.63) is 101 Å². The standard InChI is InChI=1S/C23H19NO2/c1-26-20-13-11-17(12-14-20)16-24-22(18-7-3-2-4-8-18)15-19-9-5-6-10-21(19)23(24)25/h2-15H,16H2,1H3. The largest absolute Gasteiger partial charge is 0.497 e. The number of ether oxygens (including phenoxy) is 1. The van der Waals surface area contributed by atoms with Crippen LogP contribution in [0.15, 0.2) is 89.7 Å². The van der Waals surface area contributed by atoms with Crippen LogP contribution >= 0.6 is 0 Å². The van der Waals surface area contributed by atoms with Gasteiger partial charge in [-0.3, -0.25) is 4.79 Å². The van der Waals surface area contributed by atoms with E-state index in [1.165, 1.54) is 0 Å². The molecule has 0 bridgehead atoms. The van der Waals surface area contributed by atoms with Crippen molar-refractivity contribution in [2.45, 2.75) is 6.54 Å². The zero-order valence-corrected chi connectivity index (χ0v) is 14.6. The normalized spacial score (nSPS) is 10.8. The molecule has 4 rings (SSSR count). The quantitative estimate of drug-likeness (QED) is 0.537. The molecule has 0 aliphatic rings. The summed E-state index contributed by atoms with van der Waals surface area (Å²) in [7, 11) is 1.65. The zero-order chi connectivity index (χ0) is 17.9. The highest BCUT2D eigenvalue weighted by Crippen LogP contribution is 2.23. The second kappa shape index (κ2) is 6.89. The summed E-state index contributed by atoms with van der Waals surface area (Å²) in [6, 6.07) is 27.7. The Kier molecular flexibility index (Phi) is 4.28. The second-order valence-electron chi connectivity index (χ2n) is 6.22. The molecule has 0 amide bonds. The molecule has 0 spiro atoms.